The van der Waals surface area contributed by atoms with Crippen LogP contribution in [0.1, 0.15) is 28.8 Å². The molecule has 0 radical (unpaired) electrons. The average molecular weight is 391 g/mol. The molecule has 1 aromatic heterocycles. The molecule has 146 valence electrons. The highest BCUT2D eigenvalue weighted by Crippen LogP contribution is 2.11. The van der Waals surface area contributed by atoms with E-state index < -0.39 is 10.0 Å². The fourth-order valence-electron chi connectivity index (χ4n) is 3.16. The summed E-state index contributed by atoms with van der Waals surface area (Å²) < 4.78 is 28.3. The molecule has 1 saturated heterocycles. The first-order valence-electron chi connectivity index (χ1n) is 9.20. The molecule has 0 N–H and O–H groups in total. The lowest BCUT2D eigenvalue weighted by Crippen LogP contribution is -2.36. The SMILES string of the molecule is CN1CCCN(S(=O)(=O)CCC(=O)c2cnn(Cc3ccccc3)c2)CC1. The smallest absolute Gasteiger partial charge is 0.214 e. The Bertz CT molecular complexity index is 864. The van der Waals surface area contributed by atoms with E-state index in [1.165, 1.54) is 10.5 Å². The van der Waals surface area contributed by atoms with E-state index in [9.17, 15) is 13.2 Å². The van der Waals surface area contributed by atoms with Gasteiger partial charge in [-0.2, -0.15) is 5.10 Å². The fourth-order valence-corrected chi connectivity index (χ4v) is 4.63. The molecule has 7 nitrogen and oxygen atoms in total. The summed E-state index contributed by atoms with van der Waals surface area (Å²) in [6.45, 7) is 3.20. The van der Waals surface area contributed by atoms with Crippen molar-refractivity contribution < 1.29 is 13.2 Å². The van der Waals surface area contributed by atoms with Crippen LogP contribution in [0.5, 0.6) is 0 Å². The molecule has 0 amide bonds. The first-order chi connectivity index (χ1) is 12.9. The molecule has 3 rings (SSSR count). The molecule has 0 unspecified atom stereocenters. The maximum atomic E-state index is 12.6. The molecule has 2 heterocycles. The molecule has 27 heavy (non-hydrogen) atoms. The maximum absolute atomic E-state index is 12.6. The first-order valence-corrected chi connectivity index (χ1v) is 10.8. The topological polar surface area (TPSA) is 75.5 Å². The minimum atomic E-state index is -3.42. The van der Waals surface area contributed by atoms with E-state index in [2.05, 4.69) is 10.00 Å². The van der Waals surface area contributed by atoms with Gasteiger partial charge in [-0.3, -0.25) is 9.48 Å². The highest BCUT2D eigenvalue weighted by Gasteiger charge is 2.25. The van der Waals surface area contributed by atoms with Crippen LogP contribution in [0.4, 0.5) is 0 Å². The quantitative estimate of drug-likeness (QED) is 0.669. The number of Topliss-reactive ketones (excluding diaryl/α,β-unsaturated/α-hetero) is 1. The summed E-state index contributed by atoms with van der Waals surface area (Å²) in [6, 6.07) is 9.85. The van der Waals surface area contributed by atoms with Crippen molar-refractivity contribution in [2.24, 2.45) is 0 Å². The summed E-state index contributed by atoms with van der Waals surface area (Å²) in [5.41, 5.74) is 1.55. The summed E-state index contributed by atoms with van der Waals surface area (Å²) in [5.74, 6) is -0.343. The second kappa shape index (κ2) is 8.77. The number of carbonyl (C=O) groups excluding carboxylic acids is 1. The first kappa shape index (κ1) is 19.7. The lowest BCUT2D eigenvalue weighted by Gasteiger charge is -2.19. The number of carbonyl (C=O) groups is 1. The Morgan fingerprint density at radius 2 is 1.89 bits per heavy atom. The van der Waals surface area contributed by atoms with Crippen molar-refractivity contribution in [3.05, 3.63) is 53.9 Å². The van der Waals surface area contributed by atoms with E-state index in [4.69, 9.17) is 0 Å². The average Bonchev–Trinajstić information content (AvgIpc) is 3.00. The van der Waals surface area contributed by atoms with Gasteiger partial charge in [0.25, 0.3) is 0 Å². The van der Waals surface area contributed by atoms with E-state index in [0.29, 0.717) is 25.2 Å². The van der Waals surface area contributed by atoms with E-state index in [1.807, 2.05) is 37.4 Å². The number of aromatic nitrogens is 2. The Morgan fingerprint density at radius 1 is 1.11 bits per heavy atom. The number of nitrogens with zero attached hydrogens (tertiary/aromatic N) is 4. The highest BCUT2D eigenvalue weighted by atomic mass is 32.2. The van der Waals surface area contributed by atoms with Crippen LogP contribution in [-0.4, -0.2) is 72.2 Å². The standard InChI is InChI=1S/C19H26N4O3S/c1-21-9-5-10-23(12-11-21)27(25,26)13-8-19(24)18-14-20-22(16-18)15-17-6-3-2-4-7-17/h2-4,6-7,14,16H,5,8-13,15H2,1H3. The summed E-state index contributed by atoms with van der Waals surface area (Å²) in [7, 11) is -1.42. The maximum Gasteiger partial charge on any atom is 0.214 e. The zero-order chi connectivity index (χ0) is 19.3. The number of hydrogen-bond acceptors (Lipinski definition) is 5. The molecule has 0 bridgehead atoms. The Morgan fingerprint density at radius 3 is 2.67 bits per heavy atom. The van der Waals surface area contributed by atoms with Crippen molar-refractivity contribution in [2.75, 3.05) is 39.0 Å². The third-order valence-corrected chi connectivity index (χ3v) is 6.67. The molecular formula is C19H26N4O3S. The third-order valence-electron chi connectivity index (χ3n) is 4.80. The molecule has 0 saturated carbocycles. The van der Waals surface area contributed by atoms with Gasteiger partial charge in [0.15, 0.2) is 5.78 Å². The minimum Gasteiger partial charge on any atom is -0.305 e. The number of benzene rings is 1. The van der Waals surface area contributed by atoms with E-state index in [0.717, 1.165) is 25.1 Å². The van der Waals surface area contributed by atoms with Crippen molar-refractivity contribution >= 4 is 15.8 Å². The van der Waals surface area contributed by atoms with Crippen LogP contribution in [0, 0.1) is 0 Å². The highest BCUT2D eigenvalue weighted by molar-refractivity contribution is 7.89. The summed E-state index contributed by atoms with van der Waals surface area (Å²) >= 11 is 0. The number of hydrogen-bond donors (Lipinski definition) is 0. The van der Waals surface area contributed by atoms with Crippen molar-refractivity contribution in [3.8, 4) is 0 Å². The third kappa shape index (κ3) is 5.47. The Balaban J connectivity index is 1.56. The predicted octanol–water partition coefficient (Wildman–Crippen LogP) is 1.47. The predicted molar refractivity (Wildman–Crippen MR) is 104 cm³/mol. The van der Waals surface area contributed by atoms with Gasteiger partial charge in [0.05, 0.1) is 24.1 Å². The van der Waals surface area contributed by atoms with Crippen LogP contribution < -0.4 is 0 Å². The molecular weight excluding hydrogens is 364 g/mol. The largest absolute Gasteiger partial charge is 0.305 e. The van der Waals surface area contributed by atoms with Crippen LogP contribution in [-0.2, 0) is 16.6 Å². The van der Waals surface area contributed by atoms with Crippen molar-refractivity contribution in [1.29, 1.82) is 0 Å². The second-order valence-corrected chi connectivity index (χ2v) is 9.05. The normalized spacial score (nSPS) is 16.9. The summed E-state index contributed by atoms with van der Waals surface area (Å²) in [5, 5.41) is 4.22. The van der Waals surface area contributed by atoms with Crippen molar-refractivity contribution in [2.45, 2.75) is 19.4 Å². The van der Waals surface area contributed by atoms with Crippen LogP contribution >= 0.6 is 0 Å². The zero-order valence-corrected chi connectivity index (χ0v) is 16.4. The van der Waals surface area contributed by atoms with Crippen LogP contribution in [0.15, 0.2) is 42.7 Å². The van der Waals surface area contributed by atoms with E-state index in [-0.39, 0.29) is 18.0 Å². The number of likely N-dealkylation sites (N-methyl/N-ethyl adjacent to an activating group) is 1. The van der Waals surface area contributed by atoms with Gasteiger partial charge in [0, 0.05) is 32.3 Å². The summed E-state index contributed by atoms with van der Waals surface area (Å²) in [4.78, 5) is 14.5. The molecule has 0 aliphatic carbocycles. The van der Waals surface area contributed by atoms with E-state index in [1.54, 1.807) is 10.9 Å². The van der Waals surface area contributed by atoms with Gasteiger partial charge in [-0.05, 0) is 25.6 Å². The van der Waals surface area contributed by atoms with Crippen molar-refractivity contribution in [3.63, 3.8) is 0 Å². The molecule has 1 aromatic carbocycles. The Labute approximate surface area is 160 Å². The Kier molecular flexibility index (Phi) is 6.41. The van der Waals surface area contributed by atoms with Gasteiger partial charge in [-0.25, -0.2) is 12.7 Å². The zero-order valence-electron chi connectivity index (χ0n) is 15.6. The molecule has 1 fully saturated rings. The van der Waals surface area contributed by atoms with Crippen LogP contribution in [0.25, 0.3) is 0 Å². The molecule has 1 aliphatic heterocycles. The lowest BCUT2D eigenvalue weighted by atomic mass is 10.2. The summed E-state index contributed by atoms with van der Waals surface area (Å²) in [6.07, 6.45) is 3.99. The molecule has 1 aliphatic rings. The molecule has 0 atom stereocenters. The van der Waals surface area contributed by atoms with Gasteiger partial charge in [0.1, 0.15) is 0 Å². The van der Waals surface area contributed by atoms with Gasteiger partial charge in [-0.1, -0.05) is 30.3 Å². The van der Waals surface area contributed by atoms with Gasteiger partial charge >= 0.3 is 0 Å². The fraction of sp³-hybridized carbons (Fsp3) is 0.474. The second-order valence-electron chi connectivity index (χ2n) is 6.96. The Hall–Kier alpha value is -2.03. The van der Waals surface area contributed by atoms with Gasteiger partial charge in [0.2, 0.25) is 10.0 Å². The lowest BCUT2D eigenvalue weighted by molar-refractivity contribution is 0.0988. The number of rotatable bonds is 7. The van der Waals surface area contributed by atoms with E-state index >= 15 is 0 Å². The monoisotopic (exact) mass is 390 g/mol. The number of ketones is 1. The van der Waals surface area contributed by atoms with Gasteiger partial charge in [-0.15, -0.1) is 0 Å². The minimum absolute atomic E-state index is 0.0221. The van der Waals surface area contributed by atoms with Crippen LogP contribution in [0.3, 0.4) is 0 Å². The van der Waals surface area contributed by atoms with Crippen LogP contribution in [0.2, 0.25) is 0 Å². The molecule has 0 spiro atoms. The number of sulfonamides is 1. The molecule has 8 heteroatoms. The molecule has 2 aromatic rings. The van der Waals surface area contributed by atoms with Gasteiger partial charge < -0.3 is 4.90 Å². The van der Waals surface area contributed by atoms with Crippen molar-refractivity contribution in [1.82, 2.24) is 19.0 Å².